The Kier molecular flexibility index (Phi) is 3.49. The molecule has 0 radical (unpaired) electrons. The molecular weight excluding hydrogens is 284 g/mol. The molecule has 0 spiro atoms. The first-order valence-electron chi connectivity index (χ1n) is 6.41. The molecule has 3 N–H and O–H groups in total. The van der Waals surface area contributed by atoms with Gasteiger partial charge in [-0.1, -0.05) is 30.4 Å². The molecule has 1 aromatic carbocycles. The van der Waals surface area contributed by atoms with Gasteiger partial charge in [0.1, 0.15) is 11.3 Å². The Morgan fingerprint density at radius 1 is 1.38 bits per heavy atom. The highest BCUT2D eigenvalue weighted by Gasteiger charge is 2.11. The van der Waals surface area contributed by atoms with Crippen LogP contribution in [0.15, 0.2) is 36.8 Å². The first-order chi connectivity index (χ1) is 10.2. The van der Waals surface area contributed by atoms with Gasteiger partial charge in [-0.25, -0.2) is 0 Å². The number of aromatic nitrogens is 4. The molecule has 0 fully saturated rings. The summed E-state index contributed by atoms with van der Waals surface area (Å²) in [7, 11) is 1.90. The normalized spacial score (nSPS) is 10.7. The van der Waals surface area contributed by atoms with E-state index in [-0.39, 0.29) is 0 Å². The van der Waals surface area contributed by atoms with E-state index in [1.807, 2.05) is 35.9 Å². The third kappa shape index (κ3) is 2.55. The molecule has 3 rings (SSSR count). The number of fused-ring (bicyclic) bond motifs is 1. The number of aryl methyl sites for hydroxylation is 1. The predicted molar refractivity (Wildman–Crippen MR) is 86.0 cm³/mol. The zero-order valence-corrected chi connectivity index (χ0v) is 12.3. The molecule has 6 nitrogen and oxygen atoms in total. The number of para-hydroxylation sites is 1. The second kappa shape index (κ2) is 5.45. The lowest BCUT2D eigenvalue weighted by atomic mass is 10.1. The van der Waals surface area contributed by atoms with Crippen molar-refractivity contribution in [1.29, 1.82) is 0 Å². The zero-order chi connectivity index (χ0) is 14.8. The van der Waals surface area contributed by atoms with Crippen molar-refractivity contribution in [2.75, 3.05) is 5.32 Å². The first-order valence-corrected chi connectivity index (χ1v) is 6.82. The fraction of sp³-hybridized carbons (Fsp3) is 0.143. The summed E-state index contributed by atoms with van der Waals surface area (Å²) in [6.45, 7) is 0.528. The summed E-state index contributed by atoms with van der Waals surface area (Å²) in [5.74, 6) is 0.824. The zero-order valence-electron chi connectivity index (χ0n) is 11.4. The number of benzene rings is 1. The van der Waals surface area contributed by atoms with E-state index in [1.165, 1.54) is 0 Å². The summed E-state index contributed by atoms with van der Waals surface area (Å²) in [5.41, 5.74) is 8.29. The maximum Gasteiger partial charge on any atom is 0.151 e. The number of pyridine rings is 1. The maximum absolute atomic E-state index is 5.80. The number of rotatable bonds is 4. The highest BCUT2D eigenvalue weighted by atomic mass is 32.1. The number of hydrogen-bond acceptors (Lipinski definition) is 5. The average molecular weight is 298 g/mol. The largest absolute Gasteiger partial charge is 0.389 e. The smallest absolute Gasteiger partial charge is 0.151 e. The third-order valence-electron chi connectivity index (χ3n) is 3.27. The van der Waals surface area contributed by atoms with Gasteiger partial charge in [0.25, 0.3) is 0 Å². The van der Waals surface area contributed by atoms with Gasteiger partial charge in [-0.15, -0.1) is 10.2 Å². The number of nitrogens with two attached hydrogens (primary N) is 1. The minimum absolute atomic E-state index is 0.314. The highest BCUT2D eigenvalue weighted by molar-refractivity contribution is 7.80. The van der Waals surface area contributed by atoms with Crippen molar-refractivity contribution in [3.63, 3.8) is 0 Å². The number of hydrogen-bond donors (Lipinski definition) is 2. The van der Waals surface area contributed by atoms with Gasteiger partial charge in [-0.05, 0) is 6.07 Å². The Morgan fingerprint density at radius 2 is 2.19 bits per heavy atom. The Bertz CT molecular complexity index is 810. The van der Waals surface area contributed by atoms with Gasteiger partial charge in [0.05, 0.1) is 23.3 Å². The van der Waals surface area contributed by atoms with Crippen LogP contribution in [0, 0.1) is 0 Å². The van der Waals surface area contributed by atoms with E-state index in [0.717, 1.165) is 28.0 Å². The van der Waals surface area contributed by atoms with Gasteiger partial charge in [-0.3, -0.25) is 4.98 Å². The van der Waals surface area contributed by atoms with Gasteiger partial charge >= 0.3 is 0 Å². The molecule has 0 aliphatic carbocycles. The fourth-order valence-corrected chi connectivity index (χ4v) is 2.31. The standard InChI is InChI=1S/C14H14N6S/c1-20-8-18-19-12(20)7-17-13-9-4-2-3-5-11(9)16-6-10(13)14(15)21/h2-6,8H,7H2,1H3,(H2,15,21)(H,16,17). The molecule has 0 amide bonds. The van der Waals surface area contributed by atoms with E-state index in [0.29, 0.717) is 11.5 Å². The van der Waals surface area contributed by atoms with Crippen molar-refractivity contribution in [2.45, 2.75) is 6.54 Å². The topological polar surface area (TPSA) is 81.7 Å². The van der Waals surface area contributed by atoms with Crippen LogP contribution in [-0.2, 0) is 13.6 Å². The van der Waals surface area contributed by atoms with Crippen LogP contribution < -0.4 is 11.1 Å². The van der Waals surface area contributed by atoms with Crippen molar-refractivity contribution in [3.8, 4) is 0 Å². The first kappa shape index (κ1) is 13.4. The van der Waals surface area contributed by atoms with Crippen molar-refractivity contribution in [1.82, 2.24) is 19.7 Å². The fourth-order valence-electron chi connectivity index (χ4n) is 2.15. The van der Waals surface area contributed by atoms with Crippen molar-refractivity contribution in [3.05, 3.63) is 48.2 Å². The molecule has 2 heterocycles. The Labute approximate surface area is 127 Å². The molecule has 0 bridgehead atoms. The van der Waals surface area contributed by atoms with E-state index in [4.69, 9.17) is 18.0 Å². The van der Waals surface area contributed by atoms with Gasteiger partial charge in [0.2, 0.25) is 0 Å². The molecule has 0 atom stereocenters. The van der Waals surface area contributed by atoms with Gasteiger partial charge in [0, 0.05) is 18.6 Å². The predicted octanol–water partition coefficient (Wildman–Crippen LogP) is 1.61. The van der Waals surface area contributed by atoms with Crippen LogP contribution in [0.4, 0.5) is 5.69 Å². The molecule has 3 aromatic rings. The molecule has 2 aromatic heterocycles. The summed E-state index contributed by atoms with van der Waals surface area (Å²) in [5, 5.41) is 12.2. The number of thiocarbonyl (C=S) groups is 1. The van der Waals surface area contributed by atoms with Gasteiger partial charge in [0.15, 0.2) is 5.82 Å². The molecule has 0 aliphatic rings. The SMILES string of the molecule is Cn1cnnc1CNc1c(C(N)=S)cnc2ccccc12. The summed E-state index contributed by atoms with van der Waals surface area (Å²) >= 11 is 5.12. The number of nitrogens with one attached hydrogen (secondary N) is 1. The molecular formula is C14H14N6S. The quantitative estimate of drug-likeness (QED) is 0.712. The lowest BCUT2D eigenvalue weighted by Crippen LogP contribution is -2.15. The minimum Gasteiger partial charge on any atom is -0.389 e. The minimum atomic E-state index is 0.314. The van der Waals surface area contributed by atoms with E-state index >= 15 is 0 Å². The van der Waals surface area contributed by atoms with E-state index in [1.54, 1.807) is 12.5 Å². The van der Waals surface area contributed by atoms with E-state index < -0.39 is 0 Å². The second-order valence-electron chi connectivity index (χ2n) is 4.64. The molecule has 0 saturated heterocycles. The average Bonchev–Trinajstić information content (AvgIpc) is 2.89. The van der Waals surface area contributed by atoms with Crippen LogP contribution in [-0.4, -0.2) is 24.7 Å². The lowest BCUT2D eigenvalue weighted by Gasteiger charge is -2.13. The molecule has 0 unspecified atom stereocenters. The van der Waals surface area contributed by atoms with Crippen LogP contribution in [0.1, 0.15) is 11.4 Å². The third-order valence-corrected chi connectivity index (χ3v) is 3.49. The Morgan fingerprint density at radius 3 is 2.90 bits per heavy atom. The van der Waals surface area contributed by atoms with E-state index in [9.17, 15) is 0 Å². The van der Waals surface area contributed by atoms with Gasteiger partial charge < -0.3 is 15.6 Å². The highest BCUT2D eigenvalue weighted by Crippen LogP contribution is 2.26. The van der Waals surface area contributed by atoms with Crippen molar-refractivity contribution >= 4 is 33.8 Å². The van der Waals surface area contributed by atoms with Crippen LogP contribution in [0.25, 0.3) is 10.9 Å². The molecule has 0 aliphatic heterocycles. The Hall–Kier alpha value is -2.54. The molecule has 106 valence electrons. The summed E-state index contributed by atoms with van der Waals surface area (Å²) in [4.78, 5) is 4.70. The van der Waals surface area contributed by atoms with Crippen LogP contribution >= 0.6 is 12.2 Å². The maximum atomic E-state index is 5.80. The summed E-state index contributed by atoms with van der Waals surface area (Å²) in [6.07, 6.45) is 3.36. The molecule has 7 heteroatoms. The number of anilines is 1. The number of nitrogens with zero attached hydrogens (tertiary/aromatic N) is 4. The molecule has 0 saturated carbocycles. The molecule has 21 heavy (non-hydrogen) atoms. The van der Waals surface area contributed by atoms with E-state index in [2.05, 4.69) is 20.5 Å². The second-order valence-corrected chi connectivity index (χ2v) is 5.08. The lowest BCUT2D eigenvalue weighted by molar-refractivity contribution is 0.812. The van der Waals surface area contributed by atoms with Crippen LogP contribution in [0.5, 0.6) is 0 Å². The van der Waals surface area contributed by atoms with Crippen molar-refractivity contribution in [2.24, 2.45) is 12.8 Å². The summed E-state index contributed by atoms with van der Waals surface area (Å²) < 4.78 is 1.86. The Balaban J connectivity index is 2.04. The van der Waals surface area contributed by atoms with Crippen molar-refractivity contribution < 1.29 is 0 Å². The monoisotopic (exact) mass is 298 g/mol. The van der Waals surface area contributed by atoms with Crippen LogP contribution in [0.2, 0.25) is 0 Å². The van der Waals surface area contributed by atoms with Gasteiger partial charge in [-0.2, -0.15) is 0 Å². The van der Waals surface area contributed by atoms with Crippen LogP contribution in [0.3, 0.4) is 0 Å². The summed E-state index contributed by atoms with van der Waals surface area (Å²) in [6, 6.07) is 7.85.